The van der Waals surface area contributed by atoms with Gasteiger partial charge in [0.1, 0.15) is 5.75 Å². The topological polar surface area (TPSA) is 217 Å². The van der Waals surface area contributed by atoms with Crippen molar-refractivity contribution in [3.8, 4) is 51.4 Å². The quantitative estimate of drug-likeness (QED) is 0.0456. The van der Waals surface area contributed by atoms with Crippen molar-refractivity contribution in [1.82, 2.24) is 5.32 Å². The third-order valence-electron chi connectivity index (χ3n) is 11.6. The van der Waals surface area contributed by atoms with Crippen LogP contribution in [0.3, 0.4) is 0 Å². The highest BCUT2D eigenvalue weighted by Crippen LogP contribution is 2.58. The Morgan fingerprint density at radius 1 is 0.821 bits per heavy atom. The molecule has 1 fully saturated rings. The number of ether oxygens (including phenoxy) is 1. The second-order valence-electron chi connectivity index (χ2n) is 14.9. The van der Waals surface area contributed by atoms with Crippen LogP contribution in [0.25, 0.3) is 28.9 Å². The summed E-state index contributed by atoms with van der Waals surface area (Å²) in [4.78, 5) is 26.0. The number of phenols is 7. The highest BCUT2D eigenvalue weighted by Gasteiger charge is 2.44. The maximum Gasteiger partial charge on any atom is 0.345 e. The monoisotopic (exact) mass is 763 g/mol. The van der Waals surface area contributed by atoms with Crippen LogP contribution in [0.4, 0.5) is 0 Å². The zero-order valence-corrected chi connectivity index (χ0v) is 30.9. The number of phenolic OH excluding ortho intramolecular Hbond substituents is 7. The number of hydrogen-bond donors (Lipinski definition) is 9. The lowest BCUT2D eigenvalue weighted by molar-refractivity contribution is -0.162. The number of carbonyl (C=O) groups is 2. The molecule has 0 saturated heterocycles. The molecule has 56 heavy (non-hydrogen) atoms. The van der Waals surface area contributed by atoms with Crippen molar-refractivity contribution in [2.75, 3.05) is 13.1 Å². The zero-order valence-electron chi connectivity index (χ0n) is 30.9. The molecule has 2 atom stereocenters. The maximum atomic E-state index is 13.4. The van der Waals surface area contributed by atoms with Crippen LogP contribution in [0.15, 0.2) is 54.6 Å². The van der Waals surface area contributed by atoms with Gasteiger partial charge in [0.15, 0.2) is 34.5 Å². The minimum Gasteiger partial charge on any atom is -0.508 e. The molecule has 4 aromatic rings. The van der Waals surface area contributed by atoms with Crippen molar-refractivity contribution in [1.29, 1.82) is 0 Å². The second kappa shape index (κ2) is 15.2. The van der Waals surface area contributed by atoms with Gasteiger partial charge in [0, 0.05) is 40.6 Å². The summed E-state index contributed by atoms with van der Waals surface area (Å²) in [5, 5.41) is 88.8. The number of allylic oxidation sites excluding steroid dienone is 1. The van der Waals surface area contributed by atoms with E-state index in [1.165, 1.54) is 36.4 Å². The van der Waals surface area contributed by atoms with E-state index in [9.17, 15) is 50.4 Å². The number of nitrogens with one attached hydrogen (secondary N) is 1. The van der Waals surface area contributed by atoms with Crippen LogP contribution in [-0.4, -0.2) is 72.0 Å². The van der Waals surface area contributed by atoms with Gasteiger partial charge in [-0.15, -0.1) is 0 Å². The van der Waals surface area contributed by atoms with E-state index in [4.69, 9.17) is 4.74 Å². The summed E-state index contributed by atoms with van der Waals surface area (Å²) in [6, 6.07) is 12.0. The molecule has 0 aromatic heterocycles. The highest BCUT2D eigenvalue weighted by atomic mass is 16.6. The van der Waals surface area contributed by atoms with E-state index in [1.54, 1.807) is 12.1 Å². The van der Waals surface area contributed by atoms with Crippen LogP contribution in [0, 0.1) is 0 Å². The van der Waals surface area contributed by atoms with Gasteiger partial charge in [-0.25, -0.2) is 9.59 Å². The molecule has 12 heteroatoms. The molecule has 0 aliphatic heterocycles. The molecule has 9 N–H and O–H groups in total. The number of hydrogen-bond acceptors (Lipinski definition) is 11. The van der Waals surface area contributed by atoms with Crippen LogP contribution in [-0.2, 0) is 32.6 Å². The average molecular weight is 764 g/mol. The fourth-order valence-electron chi connectivity index (χ4n) is 8.98. The van der Waals surface area contributed by atoms with Gasteiger partial charge in [-0.05, 0) is 120 Å². The van der Waals surface area contributed by atoms with Crippen LogP contribution in [0.2, 0.25) is 0 Å². The fourth-order valence-corrected chi connectivity index (χ4v) is 8.98. The first-order valence-corrected chi connectivity index (χ1v) is 18.9. The first kappa shape index (κ1) is 38.1. The molecule has 4 aromatic carbocycles. The number of esters is 1. The fraction of sp³-hybridized carbons (Fsp3) is 0.318. The lowest BCUT2D eigenvalue weighted by Crippen LogP contribution is -2.38. The minimum absolute atomic E-state index is 0.0737. The number of aliphatic carboxylic acids is 1. The molecule has 1 saturated carbocycles. The second-order valence-corrected chi connectivity index (χ2v) is 14.9. The number of carboxylic acids is 1. The van der Waals surface area contributed by atoms with E-state index >= 15 is 0 Å². The van der Waals surface area contributed by atoms with Crippen LogP contribution < -0.4 is 5.32 Å². The largest absolute Gasteiger partial charge is 0.508 e. The van der Waals surface area contributed by atoms with Crippen molar-refractivity contribution in [2.24, 2.45) is 0 Å². The normalized spacial score (nSPS) is 16.7. The third kappa shape index (κ3) is 6.85. The summed E-state index contributed by atoms with van der Waals surface area (Å²) in [6.07, 6.45) is 7.80. The van der Waals surface area contributed by atoms with Crippen molar-refractivity contribution < 1.29 is 55.2 Å². The van der Waals surface area contributed by atoms with Gasteiger partial charge in [-0.2, -0.15) is 0 Å². The van der Waals surface area contributed by atoms with E-state index in [-0.39, 0.29) is 41.0 Å². The molecule has 292 valence electrons. The molecule has 7 rings (SSSR count). The Labute approximate surface area is 323 Å². The van der Waals surface area contributed by atoms with Gasteiger partial charge < -0.3 is 50.9 Å². The molecular formula is C44H45NO11. The van der Waals surface area contributed by atoms with Gasteiger partial charge in [-0.1, -0.05) is 44.0 Å². The predicted molar refractivity (Wildman–Crippen MR) is 209 cm³/mol. The number of carboxylic acid groups (broad SMARTS) is 1. The summed E-state index contributed by atoms with van der Waals surface area (Å²) in [5.41, 5.74) is 5.29. The molecule has 3 aliphatic rings. The van der Waals surface area contributed by atoms with Crippen molar-refractivity contribution in [2.45, 2.75) is 75.7 Å². The molecular weight excluding hydrogens is 718 g/mol. The van der Waals surface area contributed by atoms with Gasteiger partial charge in [0.2, 0.25) is 6.10 Å². The SMILES string of the molecule is CCNC[C@@H](c1ccc(O)c(O)c1)[C@@H](OC(=O)/C=C/c1cc(O)c(O)c2c1C=C(c1cc(O)c(O)c3c1-c1cccc(O)c1CCC3)CC21CCCC1)C(=O)O. The van der Waals surface area contributed by atoms with Gasteiger partial charge in [-0.3, -0.25) is 0 Å². The van der Waals surface area contributed by atoms with Crippen molar-refractivity contribution in [3.63, 3.8) is 0 Å². The lowest BCUT2D eigenvalue weighted by atomic mass is 9.66. The minimum atomic E-state index is -1.69. The Bertz CT molecular complexity index is 2290. The molecule has 0 unspecified atom stereocenters. The van der Waals surface area contributed by atoms with Crippen molar-refractivity contribution >= 4 is 29.7 Å². The van der Waals surface area contributed by atoms with E-state index in [1.807, 2.05) is 19.1 Å². The Kier molecular flexibility index (Phi) is 10.3. The highest BCUT2D eigenvalue weighted by molar-refractivity contribution is 5.98. The summed E-state index contributed by atoms with van der Waals surface area (Å²) < 4.78 is 5.53. The van der Waals surface area contributed by atoms with Crippen molar-refractivity contribution in [3.05, 3.63) is 93.6 Å². The van der Waals surface area contributed by atoms with Crippen LogP contribution in [0.5, 0.6) is 40.2 Å². The van der Waals surface area contributed by atoms with E-state index < -0.39 is 35.1 Å². The van der Waals surface area contributed by atoms with Gasteiger partial charge >= 0.3 is 11.9 Å². The summed E-state index contributed by atoms with van der Waals surface area (Å²) in [5.74, 6) is -5.23. The molecule has 3 aliphatic carbocycles. The Balaban J connectivity index is 1.33. The van der Waals surface area contributed by atoms with E-state index in [2.05, 4.69) is 5.32 Å². The Hall–Kier alpha value is -6.14. The number of likely N-dealkylation sites (N-methyl/N-ethyl adjacent to an activating group) is 1. The number of carbonyl (C=O) groups excluding carboxylic acids is 1. The van der Waals surface area contributed by atoms with Gasteiger partial charge in [0.25, 0.3) is 0 Å². The summed E-state index contributed by atoms with van der Waals surface area (Å²) in [7, 11) is 0. The lowest BCUT2D eigenvalue weighted by Gasteiger charge is -2.38. The third-order valence-corrected chi connectivity index (χ3v) is 11.6. The molecule has 0 bridgehead atoms. The predicted octanol–water partition coefficient (Wildman–Crippen LogP) is 6.94. The number of rotatable bonds is 10. The van der Waals surface area contributed by atoms with E-state index in [0.29, 0.717) is 84.0 Å². The van der Waals surface area contributed by atoms with E-state index in [0.717, 1.165) is 35.6 Å². The van der Waals surface area contributed by atoms with Gasteiger partial charge in [0.05, 0.1) is 0 Å². The number of benzene rings is 4. The molecule has 0 amide bonds. The molecule has 1 spiro atoms. The van der Waals surface area contributed by atoms with Crippen LogP contribution in [0.1, 0.15) is 90.3 Å². The standard InChI is InChI=1S/C44H45NO11/c1-2-45-22-31(24-11-13-33(47)34(48)18-24)42(43(54)55)56-37(51)14-12-23-19-35(49)41(53)39-30(23)17-25(21-44(39)15-3-4-16-44)29-20-36(50)40(52)28-9-5-7-26-27(38(28)29)8-6-10-32(26)46/h6,8,10-14,17-20,31,42,45-50,52-53H,2-5,7,9,15-16,21-22H2,1H3,(H,54,55)/b14-12+/t31-,42+/m0/s1. The molecule has 12 nitrogen and oxygen atoms in total. The zero-order chi connectivity index (χ0) is 39.9. The molecule has 0 radical (unpaired) electrons. The first-order valence-electron chi connectivity index (χ1n) is 18.9. The number of fused-ring (bicyclic) bond motifs is 5. The maximum absolute atomic E-state index is 13.4. The molecule has 0 heterocycles. The summed E-state index contributed by atoms with van der Waals surface area (Å²) >= 11 is 0. The Morgan fingerprint density at radius 3 is 2.27 bits per heavy atom. The Morgan fingerprint density at radius 2 is 1.55 bits per heavy atom. The average Bonchev–Trinajstić information content (AvgIpc) is 3.53. The first-order chi connectivity index (χ1) is 26.8. The number of aromatic hydroxyl groups is 7. The summed E-state index contributed by atoms with van der Waals surface area (Å²) in [6.45, 7) is 2.38. The smallest absolute Gasteiger partial charge is 0.345 e. The van der Waals surface area contributed by atoms with Crippen LogP contribution >= 0.6 is 0 Å².